The number of hydrogen-bond donors (Lipinski definition) is 2. The van der Waals surface area contributed by atoms with Gasteiger partial charge in [0, 0.05) is 0 Å². The molecule has 0 aliphatic heterocycles. The molecular formula is C15H17FN4O3. The van der Waals surface area contributed by atoms with E-state index < -0.39 is 17.9 Å². The lowest BCUT2D eigenvalue weighted by atomic mass is 10.1. The van der Waals surface area contributed by atoms with Gasteiger partial charge < -0.3 is 10.4 Å². The zero-order valence-corrected chi connectivity index (χ0v) is 12.6. The molecule has 1 aromatic carbocycles. The van der Waals surface area contributed by atoms with Gasteiger partial charge in [0.15, 0.2) is 5.69 Å². The van der Waals surface area contributed by atoms with Crippen molar-refractivity contribution in [1.82, 2.24) is 20.3 Å². The smallest absolute Gasteiger partial charge is 0.326 e. The molecule has 0 saturated carbocycles. The van der Waals surface area contributed by atoms with Crippen LogP contribution in [0.15, 0.2) is 30.5 Å². The molecule has 0 saturated heterocycles. The summed E-state index contributed by atoms with van der Waals surface area (Å²) < 4.78 is 14.5. The quantitative estimate of drug-likeness (QED) is 0.805. The molecule has 7 nitrogen and oxygen atoms in total. The van der Waals surface area contributed by atoms with E-state index in [1.165, 1.54) is 23.0 Å². The average Bonchev–Trinajstić information content (AvgIpc) is 2.95. The lowest BCUT2D eigenvalue weighted by Crippen LogP contribution is -2.40. The van der Waals surface area contributed by atoms with Crippen LogP contribution in [-0.4, -0.2) is 38.0 Å². The molecule has 1 aromatic heterocycles. The molecule has 23 heavy (non-hydrogen) atoms. The van der Waals surface area contributed by atoms with E-state index >= 15 is 0 Å². The molecule has 1 heterocycles. The van der Waals surface area contributed by atoms with Gasteiger partial charge in [-0.2, -0.15) is 0 Å². The molecule has 0 aliphatic rings. The van der Waals surface area contributed by atoms with Crippen LogP contribution < -0.4 is 5.32 Å². The van der Waals surface area contributed by atoms with E-state index in [2.05, 4.69) is 15.6 Å². The minimum absolute atomic E-state index is 0.0174. The van der Waals surface area contributed by atoms with Crippen molar-refractivity contribution in [3.05, 3.63) is 47.5 Å². The molecule has 0 radical (unpaired) electrons. The molecule has 0 fully saturated rings. The van der Waals surface area contributed by atoms with Crippen LogP contribution in [0.3, 0.4) is 0 Å². The predicted molar refractivity (Wildman–Crippen MR) is 79.3 cm³/mol. The fourth-order valence-corrected chi connectivity index (χ4v) is 2.08. The molecule has 0 bridgehead atoms. The third kappa shape index (κ3) is 4.60. The van der Waals surface area contributed by atoms with Crippen LogP contribution in [0.5, 0.6) is 0 Å². The van der Waals surface area contributed by atoms with Crippen LogP contribution >= 0.6 is 0 Å². The first kappa shape index (κ1) is 16.6. The zero-order chi connectivity index (χ0) is 16.8. The summed E-state index contributed by atoms with van der Waals surface area (Å²) in [5, 5.41) is 19.0. The van der Waals surface area contributed by atoms with Gasteiger partial charge in [-0.3, -0.25) is 4.79 Å². The topological polar surface area (TPSA) is 97.1 Å². The highest BCUT2D eigenvalue weighted by Crippen LogP contribution is 2.06. The number of halogens is 1. The zero-order valence-electron chi connectivity index (χ0n) is 12.6. The number of aromatic nitrogens is 3. The van der Waals surface area contributed by atoms with Gasteiger partial charge >= 0.3 is 5.97 Å². The van der Waals surface area contributed by atoms with Gasteiger partial charge in [-0.1, -0.05) is 30.7 Å². The number of hydrogen-bond acceptors (Lipinski definition) is 4. The van der Waals surface area contributed by atoms with E-state index in [4.69, 9.17) is 5.11 Å². The largest absolute Gasteiger partial charge is 0.480 e. The second-order valence-corrected chi connectivity index (χ2v) is 5.08. The number of carboxylic acid groups (broad SMARTS) is 1. The van der Waals surface area contributed by atoms with Gasteiger partial charge in [-0.25, -0.2) is 13.9 Å². The molecule has 2 N–H and O–H groups in total. The van der Waals surface area contributed by atoms with Crippen molar-refractivity contribution in [2.45, 2.75) is 32.4 Å². The number of benzene rings is 1. The van der Waals surface area contributed by atoms with Crippen LogP contribution in [0.2, 0.25) is 0 Å². The monoisotopic (exact) mass is 320 g/mol. The Morgan fingerprint density at radius 1 is 1.43 bits per heavy atom. The number of carbonyl (C=O) groups is 2. The molecular weight excluding hydrogens is 303 g/mol. The van der Waals surface area contributed by atoms with E-state index in [1.807, 2.05) is 6.92 Å². The van der Waals surface area contributed by atoms with Crippen LogP contribution in [-0.2, 0) is 11.3 Å². The van der Waals surface area contributed by atoms with Crippen molar-refractivity contribution in [3.63, 3.8) is 0 Å². The van der Waals surface area contributed by atoms with Crippen molar-refractivity contribution < 1.29 is 19.1 Å². The Morgan fingerprint density at radius 2 is 2.22 bits per heavy atom. The number of aliphatic carboxylic acids is 1. The summed E-state index contributed by atoms with van der Waals surface area (Å²) in [4.78, 5) is 23.0. The number of nitrogens with one attached hydrogen (secondary N) is 1. The van der Waals surface area contributed by atoms with Gasteiger partial charge in [-0.15, -0.1) is 5.10 Å². The van der Waals surface area contributed by atoms with Crippen LogP contribution in [0.1, 0.15) is 35.8 Å². The highest BCUT2D eigenvalue weighted by Gasteiger charge is 2.21. The van der Waals surface area contributed by atoms with E-state index in [9.17, 15) is 14.0 Å². The molecule has 0 aliphatic carbocycles. The van der Waals surface area contributed by atoms with Crippen molar-refractivity contribution in [2.75, 3.05) is 0 Å². The number of carboxylic acids is 1. The average molecular weight is 320 g/mol. The van der Waals surface area contributed by atoms with Crippen LogP contribution in [0.25, 0.3) is 0 Å². The van der Waals surface area contributed by atoms with Crippen molar-refractivity contribution in [3.8, 4) is 0 Å². The molecule has 1 unspecified atom stereocenters. The summed E-state index contributed by atoms with van der Waals surface area (Å²) in [6.07, 6.45) is 2.35. The summed E-state index contributed by atoms with van der Waals surface area (Å²) in [7, 11) is 0. The van der Waals surface area contributed by atoms with Gasteiger partial charge in [-0.05, 0) is 24.1 Å². The normalized spacial score (nSPS) is 11.9. The summed E-state index contributed by atoms with van der Waals surface area (Å²) in [5.74, 6) is -2.05. The van der Waals surface area contributed by atoms with E-state index in [0.29, 0.717) is 18.4 Å². The van der Waals surface area contributed by atoms with Gasteiger partial charge in [0.2, 0.25) is 0 Å². The maximum atomic E-state index is 13.1. The Labute approximate surface area is 132 Å². The number of rotatable bonds is 7. The Kier molecular flexibility index (Phi) is 5.40. The second kappa shape index (κ2) is 7.48. The maximum absolute atomic E-state index is 13.1. The fourth-order valence-electron chi connectivity index (χ4n) is 2.08. The lowest BCUT2D eigenvalue weighted by molar-refractivity contribution is -0.139. The van der Waals surface area contributed by atoms with Gasteiger partial charge in [0.25, 0.3) is 5.91 Å². The molecule has 2 rings (SSSR count). The SMILES string of the molecule is CCCC(NC(=O)c1cn(Cc2cccc(F)c2)nn1)C(=O)O. The molecule has 0 spiro atoms. The molecule has 1 amide bonds. The third-order valence-electron chi connectivity index (χ3n) is 3.19. The predicted octanol–water partition coefficient (Wildman–Crippen LogP) is 1.45. The summed E-state index contributed by atoms with van der Waals surface area (Å²) >= 11 is 0. The van der Waals surface area contributed by atoms with E-state index in [-0.39, 0.29) is 18.1 Å². The molecule has 8 heteroatoms. The van der Waals surface area contributed by atoms with Crippen LogP contribution in [0, 0.1) is 5.82 Å². The Morgan fingerprint density at radius 3 is 2.87 bits per heavy atom. The number of amides is 1. The van der Waals surface area contributed by atoms with E-state index in [0.717, 1.165) is 0 Å². The minimum atomic E-state index is -1.09. The maximum Gasteiger partial charge on any atom is 0.326 e. The van der Waals surface area contributed by atoms with Gasteiger partial charge in [0.1, 0.15) is 11.9 Å². The Hall–Kier alpha value is -2.77. The third-order valence-corrected chi connectivity index (χ3v) is 3.19. The van der Waals surface area contributed by atoms with E-state index in [1.54, 1.807) is 12.1 Å². The first-order valence-electron chi connectivity index (χ1n) is 7.18. The van der Waals surface area contributed by atoms with Crippen LogP contribution in [0.4, 0.5) is 4.39 Å². The van der Waals surface area contributed by atoms with Crippen molar-refractivity contribution in [2.24, 2.45) is 0 Å². The fraction of sp³-hybridized carbons (Fsp3) is 0.333. The van der Waals surface area contributed by atoms with Gasteiger partial charge in [0.05, 0.1) is 12.7 Å². The summed E-state index contributed by atoms with van der Waals surface area (Å²) in [5.41, 5.74) is 0.694. The highest BCUT2D eigenvalue weighted by atomic mass is 19.1. The highest BCUT2D eigenvalue weighted by molar-refractivity contribution is 5.94. The van der Waals surface area contributed by atoms with Crippen molar-refractivity contribution in [1.29, 1.82) is 0 Å². The Balaban J connectivity index is 2.03. The molecule has 2 aromatic rings. The number of nitrogens with zero attached hydrogens (tertiary/aromatic N) is 3. The standard InChI is InChI=1S/C15H17FN4O3/c1-2-4-12(15(22)23)17-14(21)13-9-20(19-18-13)8-10-5-3-6-11(16)7-10/h3,5-7,9,12H,2,4,8H2,1H3,(H,17,21)(H,22,23). The first-order chi connectivity index (χ1) is 11.0. The number of carbonyl (C=O) groups excluding carboxylic acids is 1. The Bertz CT molecular complexity index is 702. The lowest BCUT2D eigenvalue weighted by Gasteiger charge is -2.11. The second-order valence-electron chi connectivity index (χ2n) is 5.08. The summed E-state index contributed by atoms with van der Waals surface area (Å²) in [6.45, 7) is 2.09. The minimum Gasteiger partial charge on any atom is -0.480 e. The molecule has 122 valence electrons. The van der Waals surface area contributed by atoms with Crippen molar-refractivity contribution >= 4 is 11.9 Å². The summed E-state index contributed by atoms with van der Waals surface area (Å²) in [6, 6.07) is 5.05. The first-order valence-corrected chi connectivity index (χ1v) is 7.18. The molecule has 1 atom stereocenters.